The molecule has 0 aliphatic carbocycles. The fourth-order valence-electron chi connectivity index (χ4n) is 1.39. The van der Waals surface area contributed by atoms with Crippen molar-refractivity contribution in [3.8, 4) is 0 Å². The van der Waals surface area contributed by atoms with Gasteiger partial charge in [0.2, 0.25) is 10.0 Å². The third kappa shape index (κ3) is 3.88. The smallest absolute Gasteiger partial charge is 0.244 e. The van der Waals surface area contributed by atoms with E-state index >= 15 is 0 Å². The predicted octanol–water partition coefficient (Wildman–Crippen LogP) is 0.847. The summed E-state index contributed by atoms with van der Waals surface area (Å²) in [6.45, 7) is 1.77. The molecule has 1 aromatic heterocycles. The van der Waals surface area contributed by atoms with Gasteiger partial charge in [0.15, 0.2) is 0 Å². The highest BCUT2D eigenvalue weighted by molar-refractivity contribution is 9.10. The van der Waals surface area contributed by atoms with Crippen molar-refractivity contribution in [2.24, 2.45) is 16.8 Å². The fourth-order valence-corrected chi connectivity index (χ4v) is 3.16. The van der Waals surface area contributed by atoms with Gasteiger partial charge in [-0.3, -0.25) is 4.98 Å². The Morgan fingerprint density at radius 2 is 2.26 bits per heavy atom. The number of aromatic nitrogens is 1. The standard InChI is InChI=1S/C10H15BrN4O3S/c1-7(10(12)14-16)6-15(2)19(17,18)9-3-8(11)4-13-5-9/h3-5,7,16H,6H2,1-2H3,(H2,12,14). The van der Waals surface area contributed by atoms with Crippen LogP contribution in [0.4, 0.5) is 0 Å². The summed E-state index contributed by atoms with van der Waals surface area (Å²) >= 11 is 3.17. The maximum atomic E-state index is 12.3. The molecule has 1 rings (SSSR count). The van der Waals surface area contributed by atoms with Crippen molar-refractivity contribution in [1.82, 2.24) is 9.29 Å². The van der Waals surface area contributed by atoms with E-state index in [1.54, 1.807) is 6.92 Å². The van der Waals surface area contributed by atoms with Crippen LogP contribution < -0.4 is 5.73 Å². The number of oxime groups is 1. The number of hydrogen-bond acceptors (Lipinski definition) is 5. The number of sulfonamides is 1. The molecule has 1 heterocycles. The zero-order valence-electron chi connectivity index (χ0n) is 10.5. The lowest BCUT2D eigenvalue weighted by atomic mass is 10.2. The normalized spacial score (nSPS) is 14.6. The van der Waals surface area contributed by atoms with Crippen molar-refractivity contribution in [2.45, 2.75) is 11.8 Å². The Bertz CT molecular complexity index is 576. The molecule has 19 heavy (non-hydrogen) atoms. The van der Waals surface area contributed by atoms with Crippen LogP contribution in [-0.2, 0) is 10.0 Å². The average molecular weight is 351 g/mol. The van der Waals surface area contributed by atoms with Crippen LogP contribution in [0, 0.1) is 5.92 Å². The minimum Gasteiger partial charge on any atom is -0.409 e. The van der Waals surface area contributed by atoms with E-state index in [1.165, 1.54) is 25.5 Å². The molecule has 0 saturated carbocycles. The average Bonchev–Trinajstić information content (AvgIpc) is 2.37. The van der Waals surface area contributed by atoms with Gasteiger partial charge < -0.3 is 10.9 Å². The van der Waals surface area contributed by atoms with Crippen LogP contribution in [0.3, 0.4) is 0 Å². The second-order valence-corrected chi connectivity index (χ2v) is 7.01. The van der Waals surface area contributed by atoms with E-state index in [1.807, 2.05) is 0 Å². The number of nitrogens with two attached hydrogens (primary N) is 1. The molecule has 0 aliphatic rings. The largest absolute Gasteiger partial charge is 0.409 e. The molecular formula is C10H15BrN4O3S. The molecule has 1 atom stereocenters. The summed E-state index contributed by atoms with van der Waals surface area (Å²) < 4.78 is 26.2. The maximum Gasteiger partial charge on any atom is 0.244 e. The summed E-state index contributed by atoms with van der Waals surface area (Å²) in [5.41, 5.74) is 5.43. The number of hydrogen-bond donors (Lipinski definition) is 2. The first-order valence-electron chi connectivity index (χ1n) is 5.33. The van der Waals surface area contributed by atoms with Crippen LogP contribution in [0.1, 0.15) is 6.92 Å². The van der Waals surface area contributed by atoms with E-state index < -0.39 is 15.9 Å². The SMILES string of the molecule is CC(CN(C)S(=O)(=O)c1cncc(Br)c1)C(N)=NO. The van der Waals surface area contributed by atoms with Gasteiger partial charge in [-0.05, 0) is 22.0 Å². The molecular weight excluding hydrogens is 336 g/mol. The lowest BCUT2D eigenvalue weighted by Gasteiger charge is -2.20. The first-order chi connectivity index (χ1) is 8.78. The fraction of sp³-hybridized carbons (Fsp3) is 0.400. The Labute approximate surface area is 120 Å². The van der Waals surface area contributed by atoms with Crippen LogP contribution >= 0.6 is 15.9 Å². The number of amidine groups is 1. The van der Waals surface area contributed by atoms with Gasteiger partial charge in [-0.2, -0.15) is 0 Å². The number of halogens is 1. The summed E-state index contributed by atoms with van der Waals surface area (Å²) in [6.07, 6.45) is 2.77. The van der Waals surface area contributed by atoms with Gasteiger partial charge in [-0.25, -0.2) is 12.7 Å². The monoisotopic (exact) mass is 350 g/mol. The minimum absolute atomic E-state index is 0.0191. The van der Waals surface area contributed by atoms with E-state index in [2.05, 4.69) is 26.1 Å². The van der Waals surface area contributed by atoms with Crippen LogP contribution in [0.15, 0.2) is 33.0 Å². The summed E-state index contributed by atoms with van der Waals surface area (Å²) in [5, 5.41) is 11.4. The molecule has 1 aromatic rings. The summed E-state index contributed by atoms with van der Waals surface area (Å²) in [6, 6.07) is 1.47. The van der Waals surface area contributed by atoms with E-state index in [4.69, 9.17) is 10.9 Å². The molecule has 0 fully saturated rings. The van der Waals surface area contributed by atoms with Crippen molar-refractivity contribution in [3.05, 3.63) is 22.9 Å². The molecule has 3 N–H and O–H groups in total. The lowest BCUT2D eigenvalue weighted by Crippen LogP contribution is -2.36. The highest BCUT2D eigenvalue weighted by Crippen LogP contribution is 2.18. The number of pyridine rings is 1. The molecule has 0 spiro atoms. The second kappa shape index (κ2) is 6.31. The third-order valence-electron chi connectivity index (χ3n) is 2.54. The van der Waals surface area contributed by atoms with Crippen molar-refractivity contribution in [3.63, 3.8) is 0 Å². The van der Waals surface area contributed by atoms with Gasteiger partial charge in [-0.15, -0.1) is 0 Å². The lowest BCUT2D eigenvalue weighted by molar-refractivity contribution is 0.312. The first kappa shape index (κ1) is 15.9. The molecule has 9 heteroatoms. The molecule has 0 aromatic carbocycles. The third-order valence-corrected chi connectivity index (χ3v) is 4.76. The van der Waals surface area contributed by atoms with Crippen molar-refractivity contribution >= 4 is 31.8 Å². The van der Waals surface area contributed by atoms with E-state index in [-0.39, 0.29) is 17.3 Å². The van der Waals surface area contributed by atoms with Crippen molar-refractivity contribution in [1.29, 1.82) is 0 Å². The van der Waals surface area contributed by atoms with Crippen LogP contribution in [0.2, 0.25) is 0 Å². The van der Waals surface area contributed by atoms with Gasteiger partial charge in [0, 0.05) is 36.4 Å². The molecule has 106 valence electrons. The number of nitrogens with zero attached hydrogens (tertiary/aromatic N) is 3. The van der Waals surface area contributed by atoms with Gasteiger partial charge in [-0.1, -0.05) is 12.1 Å². The van der Waals surface area contributed by atoms with Crippen LogP contribution in [0.5, 0.6) is 0 Å². The quantitative estimate of drug-likeness (QED) is 0.354. The predicted molar refractivity (Wildman–Crippen MR) is 74.3 cm³/mol. The molecule has 1 unspecified atom stereocenters. The minimum atomic E-state index is -3.65. The Morgan fingerprint density at radius 3 is 2.79 bits per heavy atom. The van der Waals surface area contributed by atoms with Crippen molar-refractivity contribution < 1.29 is 13.6 Å². The molecule has 7 nitrogen and oxygen atoms in total. The van der Waals surface area contributed by atoms with Crippen LogP contribution in [0.25, 0.3) is 0 Å². The first-order valence-corrected chi connectivity index (χ1v) is 7.56. The molecule has 0 bridgehead atoms. The zero-order valence-corrected chi connectivity index (χ0v) is 12.9. The Morgan fingerprint density at radius 1 is 1.63 bits per heavy atom. The zero-order chi connectivity index (χ0) is 14.6. The Balaban J connectivity index is 2.95. The highest BCUT2D eigenvalue weighted by atomic mass is 79.9. The maximum absolute atomic E-state index is 12.3. The summed E-state index contributed by atoms with van der Waals surface area (Å²) in [4.78, 5) is 3.90. The van der Waals surface area contributed by atoms with E-state index in [0.717, 1.165) is 4.31 Å². The van der Waals surface area contributed by atoms with Gasteiger partial charge >= 0.3 is 0 Å². The van der Waals surface area contributed by atoms with Gasteiger partial charge in [0.1, 0.15) is 10.7 Å². The van der Waals surface area contributed by atoms with Gasteiger partial charge in [0.25, 0.3) is 0 Å². The van der Waals surface area contributed by atoms with Crippen LogP contribution in [-0.4, -0.2) is 42.3 Å². The van der Waals surface area contributed by atoms with E-state index in [0.29, 0.717) is 4.47 Å². The Kier molecular flexibility index (Phi) is 5.27. The second-order valence-electron chi connectivity index (χ2n) is 4.05. The molecule has 0 aliphatic heterocycles. The molecule has 0 saturated heterocycles. The molecule has 0 radical (unpaired) electrons. The van der Waals surface area contributed by atoms with Gasteiger partial charge in [0.05, 0.1) is 0 Å². The van der Waals surface area contributed by atoms with Crippen molar-refractivity contribution in [2.75, 3.05) is 13.6 Å². The summed E-state index contributed by atoms with van der Waals surface area (Å²) in [5.74, 6) is -0.417. The summed E-state index contributed by atoms with van der Waals surface area (Å²) in [7, 11) is -2.22. The topological polar surface area (TPSA) is 109 Å². The highest BCUT2D eigenvalue weighted by Gasteiger charge is 2.24. The van der Waals surface area contributed by atoms with E-state index in [9.17, 15) is 8.42 Å². The number of rotatable bonds is 5. The molecule has 0 amide bonds. The Hall–Kier alpha value is -1.19.